The zero-order valence-electron chi connectivity index (χ0n) is 36.7. The molecule has 11 nitrogen and oxygen atoms in total. The van der Waals surface area contributed by atoms with E-state index in [1.54, 1.807) is 24.3 Å². The highest BCUT2D eigenvalue weighted by Gasteiger charge is 2.66. The molecule has 5 heterocycles. The quantitative estimate of drug-likeness (QED) is 0.0683. The van der Waals surface area contributed by atoms with Gasteiger partial charge in [-0.25, -0.2) is 0 Å². The highest BCUT2D eigenvalue weighted by molar-refractivity contribution is 5.14. The number of aliphatic hydroxyl groups is 1. The molecule has 0 aromatic heterocycles. The molecule has 10 fully saturated rings. The van der Waals surface area contributed by atoms with Crippen LogP contribution in [-0.2, 0) is 47.4 Å². The molecule has 340 valence electrons. The molecule has 0 amide bonds. The van der Waals surface area contributed by atoms with E-state index >= 15 is 0 Å². The number of hydrogen-bond donors (Lipinski definition) is 1. The first-order chi connectivity index (χ1) is 29.3. The minimum absolute atomic E-state index is 0.0308. The number of epoxide rings is 5. The first kappa shape index (κ1) is 47.7. The van der Waals surface area contributed by atoms with Crippen LogP contribution in [0.15, 0.2) is 63.3 Å². The molecule has 5 saturated heterocycles. The van der Waals surface area contributed by atoms with Gasteiger partial charge in [-0.2, -0.15) is 0 Å². The summed E-state index contributed by atoms with van der Waals surface area (Å²) in [5.41, 5.74) is 0.0308. The zero-order chi connectivity index (χ0) is 42.3. The minimum Gasteiger partial charge on any atom is -0.390 e. The van der Waals surface area contributed by atoms with Gasteiger partial charge in [-0.05, 0) is 113 Å². The fourth-order valence-corrected chi connectivity index (χ4v) is 10.3. The molecule has 5 aliphatic heterocycles. The summed E-state index contributed by atoms with van der Waals surface area (Å²) in [6.45, 7) is 28.5. The lowest BCUT2D eigenvalue weighted by Crippen LogP contribution is -2.29. The van der Waals surface area contributed by atoms with Gasteiger partial charge in [-0.1, -0.05) is 30.4 Å². The fraction of sp³-hybridized carbons (Fsp3) is 0.796. The highest BCUT2D eigenvalue weighted by atomic mass is 16.6. The van der Waals surface area contributed by atoms with E-state index in [9.17, 15) is 5.11 Å². The van der Waals surface area contributed by atoms with Crippen LogP contribution in [0, 0.1) is 41.4 Å². The van der Waals surface area contributed by atoms with Crippen LogP contribution in [0.1, 0.15) is 71.1 Å². The molecular weight excluding hydrogens is 765 g/mol. The second-order valence-electron chi connectivity index (χ2n) is 18.6. The molecule has 1 N–H and O–H groups in total. The van der Waals surface area contributed by atoms with Crippen molar-refractivity contribution in [1.29, 1.82) is 0 Å². The number of aliphatic hydroxyl groups excluding tert-OH is 1. The smallest absolute Gasteiger partial charge is 0.112 e. The van der Waals surface area contributed by atoms with Crippen LogP contribution in [0.2, 0.25) is 0 Å². The molecule has 0 aromatic rings. The average Bonchev–Trinajstić information content (AvgIpc) is 4.00. The molecular formula is C49H78O11. The average molecular weight is 843 g/mol. The second-order valence-corrected chi connectivity index (χ2v) is 18.6. The third-order valence-corrected chi connectivity index (χ3v) is 13.8. The summed E-state index contributed by atoms with van der Waals surface area (Å²) in [5.74, 6) is 5.99. The van der Waals surface area contributed by atoms with E-state index in [-0.39, 0.29) is 11.7 Å². The Labute approximate surface area is 361 Å². The summed E-state index contributed by atoms with van der Waals surface area (Å²) in [6.07, 6.45) is 24.9. The molecule has 5 aliphatic carbocycles. The summed E-state index contributed by atoms with van der Waals surface area (Å²) >= 11 is 0. The maximum atomic E-state index is 9.82. The number of rotatable bonds is 22. The molecule has 10 aliphatic rings. The first-order valence-electron chi connectivity index (χ1n) is 23.1. The largest absolute Gasteiger partial charge is 0.390 e. The molecule has 16 unspecified atom stereocenters. The van der Waals surface area contributed by atoms with Gasteiger partial charge in [0.2, 0.25) is 0 Å². The Morgan fingerprint density at radius 3 is 1.95 bits per heavy atom. The Hall–Kier alpha value is -1.74. The van der Waals surface area contributed by atoms with Crippen LogP contribution >= 0.6 is 0 Å². The van der Waals surface area contributed by atoms with E-state index in [1.165, 1.54) is 44.9 Å². The van der Waals surface area contributed by atoms with Crippen molar-refractivity contribution in [3.8, 4) is 0 Å². The van der Waals surface area contributed by atoms with E-state index in [0.29, 0.717) is 94.9 Å². The van der Waals surface area contributed by atoms with E-state index in [1.807, 2.05) is 13.0 Å². The molecule has 0 aromatic carbocycles. The molecule has 11 heteroatoms. The topological polar surface area (TPSA) is 129 Å². The predicted molar refractivity (Wildman–Crippen MR) is 232 cm³/mol. The Balaban J connectivity index is 0.000000129. The van der Waals surface area contributed by atoms with Gasteiger partial charge >= 0.3 is 0 Å². The van der Waals surface area contributed by atoms with Crippen LogP contribution in [0.4, 0.5) is 0 Å². The minimum atomic E-state index is -0.333. The van der Waals surface area contributed by atoms with Crippen molar-refractivity contribution < 1.29 is 52.5 Å². The monoisotopic (exact) mass is 843 g/mol. The standard InChI is InChI=1S/C15H22O2.C11H18O3.C10H16O2.C7H12O2.C6H10O2/c1-2-4-16-5-3-9-6-10-7-11(9)14-12(10)8-13-15(14)17-13;1-2-5-13-7-9(12)8-3-4-10-11(6-8)14-10;1-2-5-11-7-8-3-4-9-10(6-8)12-9;1-3-4-8-5-7(2)6-9-7;1-2-3-7-4-6-5-8-6/h2,9-15H,1,3-8H2;2,8-12H,1,3-7H2;2,8-10H,1,3-7H2;3H,1,4-6H2,2H3;2,6H,1,3-5H2. The van der Waals surface area contributed by atoms with Crippen molar-refractivity contribution in [2.24, 2.45) is 41.4 Å². The van der Waals surface area contributed by atoms with Gasteiger partial charge in [-0.15, -0.1) is 32.9 Å². The lowest BCUT2D eigenvalue weighted by molar-refractivity contribution is 0.00543. The lowest BCUT2D eigenvalue weighted by atomic mass is 9.74. The number of fused-ring (bicyclic) bond motifs is 9. The Morgan fingerprint density at radius 2 is 1.30 bits per heavy atom. The summed E-state index contributed by atoms with van der Waals surface area (Å²) in [4.78, 5) is 0. The molecule has 2 bridgehead atoms. The lowest BCUT2D eigenvalue weighted by Gasteiger charge is -2.32. The molecule has 16 atom stereocenters. The molecule has 0 radical (unpaired) electrons. The third kappa shape index (κ3) is 15.5. The van der Waals surface area contributed by atoms with E-state index < -0.39 is 0 Å². The first-order valence-corrected chi connectivity index (χ1v) is 23.1. The summed E-state index contributed by atoms with van der Waals surface area (Å²) in [6, 6.07) is 0. The summed E-state index contributed by atoms with van der Waals surface area (Å²) in [7, 11) is 0. The SMILES string of the molecule is C=CCOCC(O)C1CCC2OC2C1.C=CCOCC1(C)CO1.C=CCOCC1CCC2OC2C1.C=CCOCC1CO1.C=CCOCCC1CC2CC1C1C2CC2OC21. The number of hydrogen-bond acceptors (Lipinski definition) is 11. The zero-order valence-corrected chi connectivity index (χ0v) is 36.7. The second kappa shape index (κ2) is 24.4. The molecule has 0 spiro atoms. The van der Waals surface area contributed by atoms with Crippen LogP contribution in [0.25, 0.3) is 0 Å². The van der Waals surface area contributed by atoms with Gasteiger partial charge in [0.25, 0.3) is 0 Å². The van der Waals surface area contributed by atoms with Crippen molar-refractivity contribution in [3.63, 3.8) is 0 Å². The van der Waals surface area contributed by atoms with Crippen molar-refractivity contribution in [3.05, 3.63) is 63.3 Å². The van der Waals surface area contributed by atoms with Crippen molar-refractivity contribution in [1.82, 2.24) is 0 Å². The summed E-state index contributed by atoms with van der Waals surface area (Å²) in [5, 5.41) is 9.82. The van der Waals surface area contributed by atoms with Crippen molar-refractivity contribution >= 4 is 0 Å². The maximum Gasteiger partial charge on any atom is 0.112 e. The maximum absolute atomic E-state index is 9.82. The van der Waals surface area contributed by atoms with Gasteiger partial charge in [-0.3, -0.25) is 0 Å². The van der Waals surface area contributed by atoms with Crippen LogP contribution in [0.3, 0.4) is 0 Å². The van der Waals surface area contributed by atoms with Gasteiger partial charge in [0, 0.05) is 13.2 Å². The van der Waals surface area contributed by atoms with Gasteiger partial charge in [0.15, 0.2) is 0 Å². The van der Waals surface area contributed by atoms with Crippen molar-refractivity contribution in [2.75, 3.05) is 79.3 Å². The van der Waals surface area contributed by atoms with Gasteiger partial charge in [0.05, 0.1) is 109 Å². The van der Waals surface area contributed by atoms with Gasteiger partial charge in [0.1, 0.15) is 11.7 Å². The van der Waals surface area contributed by atoms with Crippen molar-refractivity contribution in [2.45, 2.75) is 126 Å². The highest BCUT2D eigenvalue weighted by Crippen LogP contribution is 2.66. The Kier molecular flexibility index (Phi) is 19.4. The van der Waals surface area contributed by atoms with E-state index in [0.717, 1.165) is 87.8 Å². The third-order valence-electron chi connectivity index (χ3n) is 13.8. The predicted octanol–water partition coefficient (Wildman–Crippen LogP) is 7.08. The Morgan fingerprint density at radius 1 is 0.667 bits per heavy atom. The van der Waals surface area contributed by atoms with Gasteiger partial charge < -0.3 is 52.5 Å². The fourth-order valence-electron chi connectivity index (χ4n) is 10.3. The summed E-state index contributed by atoms with van der Waals surface area (Å²) < 4.78 is 53.0. The van der Waals surface area contributed by atoms with Crippen LogP contribution in [-0.4, -0.2) is 139 Å². The molecule has 60 heavy (non-hydrogen) atoms. The molecule has 10 rings (SSSR count). The van der Waals surface area contributed by atoms with Crippen LogP contribution in [0.5, 0.6) is 0 Å². The van der Waals surface area contributed by atoms with Crippen LogP contribution < -0.4 is 0 Å². The van der Waals surface area contributed by atoms with E-state index in [2.05, 4.69) is 32.9 Å². The number of ether oxygens (including phenoxy) is 10. The normalized spacial score (nSPS) is 39.8. The van der Waals surface area contributed by atoms with E-state index in [4.69, 9.17) is 47.4 Å². The Bertz CT molecular complexity index is 1320. The molecule has 5 saturated carbocycles.